The van der Waals surface area contributed by atoms with E-state index in [0.717, 1.165) is 9.80 Å². The molecule has 0 spiro atoms. The third-order valence-electron chi connectivity index (χ3n) is 2.52. The molecule has 1 aliphatic rings. The minimum Gasteiger partial charge on any atom is -0.465 e. The van der Waals surface area contributed by atoms with Gasteiger partial charge in [-0.3, -0.25) is 4.79 Å². The summed E-state index contributed by atoms with van der Waals surface area (Å²) in [5.74, 6) is -0.150. The Bertz CT molecular complexity index is 317. The Balaban J connectivity index is 2.72. The smallest absolute Gasteiger partial charge is 0.407 e. The zero-order valence-corrected chi connectivity index (χ0v) is 8.92. The molecule has 0 aliphatic carbocycles. The van der Waals surface area contributed by atoms with Gasteiger partial charge >= 0.3 is 12.2 Å². The molecule has 90 valence electrons. The maximum Gasteiger partial charge on any atom is 0.407 e. The van der Waals surface area contributed by atoms with Crippen molar-refractivity contribution < 1.29 is 24.6 Å². The molecule has 0 saturated carbocycles. The van der Waals surface area contributed by atoms with Crippen LogP contribution in [0.2, 0.25) is 0 Å². The molecule has 2 amide bonds. The largest absolute Gasteiger partial charge is 0.465 e. The lowest BCUT2D eigenvalue weighted by Crippen LogP contribution is -2.56. The van der Waals surface area contributed by atoms with Crippen molar-refractivity contribution in [3.63, 3.8) is 0 Å². The monoisotopic (exact) mass is 230 g/mol. The first kappa shape index (κ1) is 12.3. The van der Waals surface area contributed by atoms with Crippen LogP contribution in [0.5, 0.6) is 0 Å². The summed E-state index contributed by atoms with van der Waals surface area (Å²) in [6.07, 6.45) is -2.15. The van der Waals surface area contributed by atoms with Crippen molar-refractivity contribution in [1.29, 1.82) is 0 Å². The van der Waals surface area contributed by atoms with Crippen molar-refractivity contribution in [2.75, 3.05) is 19.6 Å². The summed E-state index contributed by atoms with van der Waals surface area (Å²) in [5.41, 5.74) is 0. The average molecular weight is 230 g/mol. The van der Waals surface area contributed by atoms with Crippen molar-refractivity contribution >= 4 is 18.0 Å². The van der Waals surface area contributed by atoms with Gasteiger partial charge in [-0.25, -0.2) is 9.59 Å². The minimum atomic E-state index is -1.11. The van der Waals surface area contributed by atoms with Gasteiger partial charge in [-0.05, 0) is 6.92 Å². The molecule has 0 bridgehead atoms. The van der Waals surface area contributed by atoms with E-state index >= 15 is 0 Å². The fourth-order valence-corrected chi connectivity index (χ4v) is 1.79. The average Bonchev–Trinajstić information content (AvgIpc) is 2.15. The van der Waals surface area contributed by atoms with E-state index in [4.69, 9.17) is 10.2 Å². The van der Waals surface area contributed by atoms with Gasteiger partial charge in [0.2, 0.25) is 0 Å². The van der Waals surface area contributed by atoms with Gasteiger partial charge in [-0.15, -0.1) is 0 Å². The molecule has 1 fully saturated rings. The third-order valence-corrected chi connectivity index (χ3v) is 2.52. The number of carbonyl (C=O) groups excluding carboxylic acids is 1. The van der Waals surface area contributed by atoms with Gasteiger partial charge < -0.3 is 20.0 Å². The first-order valence-electron chi connectivity index (χ1n) is 4.88. The van der Waals surface area contributed by atoms with Crippen molar-refractivity contribution in [3.8, 4) is 0 Å². The Morgan fingerprint density at radius 1 is 1.19 bits per heavy atom. The van der Waals surface area contributed by atoms with Gasteiger partial charge in [0.1, 0.15) is 5.78 Å². The lowest BCUT2D eigenvalue weighted by atomic mass is 10.1. The lowest BCUT2D eigenvalue weighted by molar-refractivity contribution is -0.118. The standard InChI is InChI=1S/C9H14N2O5/c1-6(12)4-7-5-10(8(13)14)2-3-11(7)9(15)16/h7H,2-5H2,1H3,(H,13,14)(H,15,16)/t7-/m0/s1. The minimum absolute atomic E-state index is 0.0517. The number of hydrogen-bond donors (Lipinski definition) is 2. The van der Waals surface area contributed by atoms with Crippen LogP contribution in [0.25, 0.3) is 0 Å². The van der Waals surface area contributed by atoms with Gasteiger partial charge in [0.05, 0.1) is 6.04 Å². The third kappa shape index (κ3) is 2.85. The summed E-state index contributed by atoms with van der Waals surface area (Å²) in [6, 6.07) is -0.570. The summed E-state index contributed by atoms with van der Waals surface area (Å²) < 4.78 is 0. The van der Waals surface area contributed by atoms with Crippen molar-refractivity contribution in [2.45, 2.75) is 19.4 Å². The Morgan fingerprint density at radius 3 is 2.25 bits per heavy atom. The Morgan fingerprint density at radius 2 is 1.81 bits per heavy atom. The van der Waals surface area contributed by atoms with E-state index in [1.807, 2.05) is 0 Å². The SMILES string of the molecule is CC(=O)C[C@H]1CN(C(=O)O)CCN1C(=O)O. The number of amides is 2. The summed E-state index contributed by atoms with van der Waals surface area (Å²) in [6.45, 7) is 1.68. The molecule has 0 radical (unpaired) electrons. The number of piperazine rings is 1. The van der Waals surface area contributed by atoms with Crippen LogP contribution in [0.1, 0.15) is 13.3 Å². The van der Waals surface area contributed by atoms with Crippen LogP contribution in [-0.2, 0) is 4.79 Å². The number of carbonyl (C=O) groups is 3. The summed E-state index contributed by atoms with van der Waals surface area (Å²) >= 11 is 0. The van der Waals surface area contributed by atoms with Gasteiger partial charge in [0, 0.05) is 26.1 Å². The van der Waals surface area contributed by atoms with E-state index in [0.29, 0.717) is 0 Å². The topological polar surface area (TPSA) is 98.2 Å². The fourth-order valence-electron chi connectivity index (χ4n) is 1.79. The van der Waals surface area contributed by atoms with Gasteiger partial charge in [-0.2, -0.15) is 0 Å². The number of carboxylic acid groups (broad SMARTS) is 2. The zero-order chi connectivity index (χ0) is 12.3. The second-order valence-corrected chi connectivity index (χ2v) is 3.76. The van der Waals surface area contributed by atoms with Crippen LogP contribution >= 0.6 is 0 Å². The Kier molecular flexibility index (Phi) is 3.70. The molecule has 16 heavy (non-hydrogen) atoms. The van der Waals surface area contributed by atoms with Crippen LogP contribution in [0.15, 0.2) is 0 Å². The molecule has 2 N–H and O–H groups in total. The quantitative estimate of drug-likeness (QED) is 0.711. The summed E-state index contributed by atoms with van der Waals surface area (Å²) in [5, 5.41) is 17.7. The van der Waals surface area contributed by atoms with Gasteiger partial charge in [0.25, 0.3) is 0 Å². The molecule has 0 aromatic heterocycles. The maximum atomic E-state index is 11.0. The van der Waals surface area contributed by atoms with Crippen LogP contribution in [0, 0.1) is 0 Å². The zero-order valence-electron chi connectivity index (χ0n) is 8.92. The lowest BCUT2D eigenvalue weighted by Gasteiger charge is -2.38. The Labute approximate surface area is 92.2 Å². The first-order valence-corrected chi connectivity index (χ1v) is 4.88. The molecule has 0 aromatic carbocycles. The van der Waals surface area contributed by atoms with Crippen LogP contribution in [0.4, 0.5) is 9.59 Å². The second-order valence-electron chi connectivity index (χ2n) is 3.76. The van der Waals surface area contributed by atoms with E-state index in [9.17, 15) is 14.4 Å². The molecule has 7 heteroatoms. The summed E-state index contributed by atoms with van der Waals surface area (Å²) in [4.78, 5) is 34.8. The number of rotatable bonds is 2. The fraction of sp³-hybridized carbons (Fsp3) is 0.667. The highest BCUT2D eigenvalue weighted by Gasteiger charge is 2.32. The molecule has 1 rings (SSSR count). The Hall–Kier alpha value is -1.79. The number of nitrogens with zero attached hydrogens (tertiary/aromatic N) is 2. The first-order chi connectivity index (χ1) is 7.41. The molecular weight excluding hydrogens is 216 g/mol. The number of Topliss-reactive ketones (excluding diaryl/α,β-unsaturated/α-hetero) is 1. The second kappa shape index (κ2) is 4.82. The molecule has 1 heterocycles. The molecule has 1 atom stereocenters. The predicted molar refractivity (Wildman–Crippen MR) is 53.4 cm³/mol. The van der Waals surface area contributed by atoms with E-state index in [-0.39, 0.29) is 31.8 Å². The number of hydrogen-bond acceptors (Lipinski definition) is 3. The highest BCUT2D eigenvalue weighted by Crippen LogP contribution is 2.13. The van der Waals surface area contributed by atoms with Crippen LogP contribution in [-0.4, -0.2) is 63.7 Å². The maximum absolute atomic E-state index is 11.0. The van der Waals surface area contributed by atoms with E-state index in [1.165, 1.54) is 6.92 Å². The molecule has 1 aliphatic heterocycles. The van der Waals surface area contributed by atoms with Gasteiger partial charge in [-0.1, -0.05) is 0 Å². The summed E-state index contributed by atoms with van der Waals surface area (Å²) in [7, 11) is 0. The molecule has 0 unspecified atom stereocenters. The van der Waals surface area contributed by atoms with E-state index < -0.39 is 18.2 Å². The van der Waals surface area contributed by atoms with Crippen LogP contribution < -0.4 is 0 Å². The van der Waals surface area contributed by atoms with Gasteiger partial charge in [0.15, 0.2) is 0 Å². The van der Waals surface area contributed by atoms with E-state index in [2.05, 4.69) is 0 Å². The molecule has 7 nitrogen and oxygen atoms in total. The van der Waals surface area contributed by atoms with Crippen molar-refractivity contribution in [2.24, 2.45) is 0 Å². The number of ketones is 1. The molecule has 1 saturated heterocycles. The van der Waals surface area contributed by atoms with Crippen molar-refractivity contribution in [3.05, 3.63) is 0 Å². The van der Waals surface area contributed by atoms with Crippen LogP contribution in [0.3, 0.4) is 0 Å². The van der Waals surface area contributed by atoms with Crippen molar-refractivity contribution in [1.82, 2.24) is 9.80 Å². The molecular formula is C9H14N2O5. The highest BCUT2D eigenvalue weighted by atomic mass is 16.4. The van der Waals surface area contributed by atoms with E-state index in [1.54, 1.807) is 0 Å². The highest BCUT2D eigenvalue weighted by molar-refractivity contribution is 5.77. The predicted octanol–water partition coefficient (Wildman–Crippen LogP) is 0.308. The molecule has 0 aromatic rings. The normalized spacial score (nSPS) is 20.7.